The topological polar surface area (TPSA) is 89.3 Å². The number of ketones is 1. The minimum atomic E-state index is -0.403. The van der Waals surface area contributed by atoms with Crippen molar-refractivity contribution in [1.82, 2.24) is 14.8 Å². The van der Waals surface area contributed by atoms with E-state index in [0.717, 1.165) is 17.7 Å². The molecule has 142 valence electrons. The fraction of sp³-hybridized carbons (Fsp3) is 0.250. The predicted molar refractivity (Wildman–Crippen MR) is 105 cm³/mol. The second kappa shape index (κ2) is 6.49. The van der Waals surface area contributed by atoms with E-state index in [2.05, 4.69) is 21.5 Å². The molecule has 5 rings (SSSR count). The lowest BCUT2D eigenvalue weighted by Gasteiger charge is -2.34. The SMILES string of the molecule is COc1cc([C@H]2C3=C(C[C@H](c4cccs4)CC3=O)Nc3ncnn32)ccc1O. The third-order valence-corrected chi connectivity index (χ3v) is 6.36. The number of aromatic nitrogens is 3. The molecule has 2 atom stereocenters. The summed E-state index contributed by atoms with van der Waals surface area (Å²) in [6.07, 6.45) is 2.70. The maximum atomic E-state index is 13.2. The van der Waals surface area contributed by atoms with Crippen molar-refractivity contribution in [1.29, 1.82) is 0 Å². The summed E-state index contributed by atoms with van der Waals surface area (Å²) in [5.41, 5.74) is 2.42. The third-order valence-electron chi connectivity index (χ3n) is 5.33. The molecular weight excluding hydrogens is 376 g/mol. The zero-order valence-electron chi connectivity index (χ0n) is 15.1. The minimum absolute atomic E-state index is 0.0564. The van der Waals surface area contributed by atoms with Crippen LogP contribution in [0.3, 0.4) is 0 Å². The number of benzene rings is 1. The van der Waals surface area contributed by atoms with Gasteiger partial charge in [0, 0.05) is 28.5 Å². The molecule has 8 heteroatoms. The number of hydrogen-bond donors (Lipinski definition) is 2. The molecule has 0 unspecified atom stereocenters. The van der Waals surface area contributed by atoms with Crippen LogP contribution in [0.4, 0.5) is 5.95 Å². The highest BCUT2D eigenvalue weighted by Crippen LogP contribution is 2.45. The number of ether oxygens (including phenoxy) is 1. The molecule has 0 saturated carbocycles. The maximum absolute atomic E-state index is 13.2. The lowest BCUT2D eigenvalue weighted by Crippen LogP contribution is -2.33. The molecule has 1 aliphatic heterocycles. The van der Waals surface area contributed by atoms with Crippen molar-refractivity contribution in [2.45, 2.75) is 24.8 Å². The number of fused-ring (bicyclic) bond motifs is 1. The summed E-state index contributed by atoms with van der Waals surface area (Å²) < 4.78 is 6.98. The zero-order chi connectivity index (χ0) is 19.3. The van der Waals surface area contributed by atoms with Gasteiger partial charge in [-0.05, 0) is 35.6 Å². The van der Waals surface area contributed by atoms with Crippen LogP contribution in [-0.2, 0) is 4.79 Å². The molecule has 0 spiro atoms. The number of hydrogen-bond acceptors (Lipinski definition) is 7. The van der Waals surface area contributed by atoms with Gasteiger partial charge in [0.25, 0.3) is 0 Å². The summed E-state index contributed by atoms with van der Waals surface area (Å²) >= 11 is 1.68. The first-order valence-corrected chi connectivity index (χ1v) is 9.86. The summed E-state index contributed by atoms with van der Waals surface area (Å²) in [4.78, 5) is 18.8. The first-order valence-electron chi connectivity index (χ1n) is 8.98. The monoisotopic (exact) mass is 394 g/mol. The van der Waals surface area contributed by atoms with E-state index in [1.807, 2.05) is 11.4 Å². The van der Waals surface area contributed by atoms with Crippen LogP contribution in [0.5, 0.6) is 11.5 Å². The number of nitrogens with one attached hydrogen (secondary N) is 1. The Balaban J connectivity index is 1.63. The average Bonchev–Trinajstić information content (AvgIpc) is 3.38. The van der Waals surface area contributed by atoms with Gasteiger partial charge in [-0.1, -0.05) is 12.1 Å². The number of methoxy groups -OCH3 is 1. The Morgan fingerprint density at radius 2 is 2.21 bits per heavy atom. The van der Waals surface area contributed by atoms with E-state index >= 15 is 0 Å². The molecule has 0 bridgehead atoms. The first kappa shape index (κ1) is 17.0. The quantitative estimate of drug-likeness (QED) is 0.707. The Hall–Kier alpha value is -3.13. The van der Waals surface area contributed by atoms with Gasteiger partial charge in [-0.3, -0.25) is 4.79 Å². The van der Waals surface area contributed by atoms with Crippen LogP contribution < -0.4 is 10.1 Å². The number of Topliss-reactive ketones (excluding diaryl/α,β-unsaturated/α-hetero) is 1. The number of phenolic OH excluding ortho intramolecular Hbond substituents is 1. The van der Waals surface area contributed by atoms with E-state index in [1.165, 1.54) is 18.3 Å². The summed E-state index contributed by atoms with van der Waals surface area (Å²) in [6.45, 7) is 0. The van der Waals surface area contributed by atoms with E-state index < -0.39 is 6.04 Å². The highest BCUT2D eigenvalue weighted by atomic mass is 32.1. The van der Waals surface area contributed by atoms with E-state index in [-0.39, 0.29) is 17.5 Å². The lowest BCUT2D eigenvalue weighted by atomic mass is 9.80. The predicted octanol–water partition coefficient (Wildman–Crippen LogP) is 3.47. The number of thiophene rings is 1. The summed E-state index contributed by atoms with van der Waals surface area (Å²) in [6, 6.07) is 8.82. The van der Waals surface area contributed by atoms with E-state index in [0.29, 0.717) is 23.7 Å². The molecule has 1 aliphatic carbocycles. The van der Waals surface area contributed by atoms with Crippen LogP contribution in [-0.4, -0.2) is 32.8 Å². The van der Waals surface area contributed by atoms with Gasteiger partial charge in [0.05, 0.1) is 7.11 Å². The Morgan fingerprint density at radius 3 is 3.00 bits per heavy atom. The van der Waals surface area contributed by atoms with E-state index in [1.54, 1.807) is 34.2 Å². The van der Waals surface area contributed by atoms with Crippen LogP contribution >= 0.6 is 11.3 Å². The number of carbonyl (C=O) groups is 1. The molecule has 0 fully saturated rings. The summed E-state index contributed by atoms with van der Waals surface area (Å²) in [7, 11) is 1.50. The smallest absolute Gasteiger partial charge is 0.226 e. The Labute approximate surface area is 165 Å². The molecule has 2 aromatic heterocycles. The zero-order valence-corrected chi connectivity index (χ0v) is 15.9. The van der Waals surface area contributed by atoms with Crippen molar-refractivity contribution >= 4 is 23.1 Å². The largest absolute Gasteiger partial charge is 0.504 e. The summed E-state index contributed by atoms with van der Waals surface area (Å²) in [5.74, 6) is 1.30. The second-order valence-electron chi connectivity index (χ2n) is 6.92. The van der Waals surface area contributed by atoms with Crippen molar-refractivity contribution in [3.63, 3.8) is 0 Å². The fourth-order valence-electron chi connectivity index (χ4n) is 4.05. The van der Waals surface area contributed by atoms with Crippen molar-refractivity contribution in [2.24, 2.45) is 0 Å². The molecular formula is C20H18N4O3S. The van der Waals surface area contributed by atoms with Crippen LogP contribution in [0.15, 0.2) is 53.3 Å². The van der Waals surface area contributed by atoms with Gasteiger partial charge in [0.2, 0.25) is 5.95 Å². The van der Waals surface area contributed by atoms with Crippen LogP contribution in [0, 0.1) is 0 Å². The van der Waals surface area contributed by atoms with Gasteiger partial charge < -0.3 is 15.2 Å². The number of rotatable bonds is 3. The number of phenols is 1. The molecule has 2 N–H and O–H groups in total. The molecule has 0 amide bonds. The number of anilines is 1. The van der Waals surface area contributed by atoms with Gasteiger partial charge in [0.15, 0.2) is 17.3 Å². The minimum Gasteiger partial charge on any atom is -0.504 e. The first-order chi connectivity index (χ1) is 13.7. The molecule has 2 aliphatic rings. The average molecular weight is 394 g/mol. The standard InChI is InChI=1S/C20H18N4O3S/c1-27-16-9-11(4-5-14(16)25)19-18-13(23-20-21-10-22-24(19)20)7-12(8-15(18)26)17-3-2-6-28-17/h2-6,9-10,12,19,25H,7-8H2,1H3,(H,21,22,23)/t12-,19-/m0/s1. The third kappa shape index (κ3) is 2.60. The van der Waals surface area contributed by atoms with Crippen LogP contribution in [0.1, 0.15) is 35.2 Å². The molecule has 0 radical (unpaired) electrons. The number of nitrogens with zero attached hydrogens (tertiary/aromatic N) is 3. The Bertz CT molecular complexity index is 1090. The number of allylic oxidation sites excluding steroid dienone is 2. The van der Waals surface area contributed by atoms with Gasteiger partial charge >= 0.3 is 0 Å². The molecule has 0 saturated heterocycles. The lowest BCUT2D eigenvalue weighted by molar-refractivity contribution is -0.116. The Morgan fingerprint density at radius 1 is 1.32 bits per heavy atom. The second-order valence-corrected chi connectivity index (χ2v) is 7.90. The fourth-order valence-corrected chi connectivity index (χ4v) is 4.88. The molecule has 3 aromatic rings. The van der Waals surface area contributed by atoms with Crippen LogP contribution in [0.2, 0.25) is 0 Å². The molecule has 28 heavy (non-hydrogen) atoms. The van der Waals surface area contributed by atoms with Crippen LogP contribution in [0.25, 0.3) is 0 Å². The number of aromatic hydroxyl groups is 1. The molecule has 3 heterocycles. The van der Waals surface area contributed by atoms with Gasteiger partial charge in [0.1, 0.15) is 12.4 Å². The van der Waals surface area contributed by atoms with Crippen molar-refractivity contribution in [3.05, 3.63) is 63.7 Å². The summed E-state index contributed by atoms with van der Waals surface area (Å²) in [5, 5.41) is 19.7. The van der Waals surface area contributed by atoms with Gasteiger partial charge in [-0.2, -0.15) is 10.1 Å². The maximum Gasteiger partial charge on any atom is 0.226 e. The molecule has 1 aromatic carbocycles. The normalized spacial score (nSPS) is 21.1. The van der Waals surface area contributed by atoms with E-state index in [9.17, 15) is 9.90 Å². The molecule has 7 nitrogen and oxygen atoms in total. The highest BCUT2D eigenvalue weighted by Gasteiger charge is 2.39. The van der Waals surface area contributed by atoms with Crippen molar-refractivity contribution in [2.75, 3.05) is 12.4 Å². The van der Waals surface area contributed by atoms with Gasteiger partial charge in [-0.15, -0.1) is 11.3 Å². The van der Waals surface area contributed by atoms with Crippen molar-refractivity contribution < 1.29 is 14.6 Å². The number of carbonyl (C=O) groups excluding carboxylic acids is 1. The highest BCUT2D eigenvalue weighted by molar-refractivity contribution is 7.10. The van der Waals surface area contributed by atoms with Gasteiger partial charge in [-0.25, -0.2) is 4.68 Å². The Kier molecular flexibility index (Phi) is 3.94. The van der Waals surface area contributed by atoms with E-state index in [4.69, 9.17) is 4.74 Å². The van der Waals surface area contributed by atoms with Crippen molar-refractivity contribution in [3.8, 4) is 11.5 Å².